The largest absolute Gasteiger partial charge is 0.450 e. The summed E-state index contributed by atoms with van der Waals surface area (Å²) in [5.41, 5.74) is -0.140. The second kappa shape index (κ2) is 7.66. The number of imidazole rings is 1. The van der Waals surface area contributed by atoms with Crippen LogP contribution in [0.4, 0.5) is 27.6 Å². The quantitative estimate of drug-likeness (QED) is 0.375. The summed E-state index contributed by atoms with van der Waals surface area (Å²) in [5, 5.41) is 2.23. The van der Waals surface area contributed by atoms with E-state index in [2.05, 4.69) is 10.3 Å². The number of fused-ring (bicyclic) bond motifs is 1. The molecule has 0 radical (unpaired) electrons. The van der Waals surface area contributed by atoms with Gasteiger partial charge in [0.25, 0.3) is 5.91 Å². The van der Waals surface area contributed by atoms with Crippen LogP contribution in [0.5, 0.6) is 0 Å². The summed E-state index contributed by atoms with van der Waals surface area (Å²) in [6.45, 7) is 0. The molecule has 1 aromatic heterocycles. The van der Waals surface area contributed by atoms with E-state index in [1.807, 2.05) is 0 Å². The van der Waals surface area contributed by atoms with Gasteiger partial charge in [-0.05, 0) is 42.5 Å². The number of benzene rings is 3. The van der Waals surface area contributed by atoms with Crippen LogP contribution < -0.4 is 5.32 Å². The molecule has 3 aromatic carbocycles. The van der Waals surface area contributed by atoms with Crippen LogP contribution in [-0.2, 0) is 6.18 Å². The fourth-order valence-electron chi connectivity index (χ4n) is 3.10. The van der Waals surface area contributed by atoms with Crippen LogP contribution in [0, 0.1) is 11.6 Å². The van der Waals surface area contributed by atoms with E-state index in [1.165, 1.54) is 36.4 Å². The van der Waals surface area contributed by atoms with Crippen LogP contribution >= 0.6 is 11.6 Å². The van der Waals surface area contributed by atoms with Gasteiger partial charge in [0, 0.05) is 5.69 Å². The van der Waals surface area contributed by atoms with Gasteiger partial charge in [0.15, 0.2) is 11.6 Å². The summed E-state index contributed by atoms with van der Waals surface area (Å²) in [4.78, 5) is 15.9. The van der Waals surface area contributed by atoms with Crippen molar-refractivity contribution in [2.45, 2.75) is 6.18 Å². The number of aromatic nitrogens is 2. The van der Waals surface area contributed by atoms with Gasteiger partial charge in [0.1, 0.15) is 0 Å². The first-order valence-electron chi connectivity index (χ1n) is 8.77. The minimum Gasteiger partial charge on any atom is -0.322 e. The number of nitrogens with one attached hydrogen (secondary N) is 1. The van der Waals surface area contributed by atoms with Crippen molar-refractivity contribution < 1.29 is 26.7 Å². The molecule has 0 unspecified atom stereocenters. The molecule has 0 atom stereocenters. The number of carbonyl (C=O) groups excluding carboxylic acids is 1. The first kappa shape index (κ1) is 20.8. The summed E-state index contributed by atoms with van der Waals surface area (Å²) >= 11 is 6.23. The van der Waals surface area contributed by atoms with Crippen molar-refractivity contribution in [2.24, 2.45) is 0 Å². The van der Waals surface area contributed by atoms with Crippen LogP contribution in [0.15, 0.2) is 60.7 Å². The van der Waals surface area contributed by atoms with Crippen molar-refractivity contribution >= 4 is 34.2 Å². The minimum absolute atomic E-state index is 0.0161. The number of hydrogen-bond acceptors (Lipinski definition) is 2. The maximum atomic E-state index is 13.8. The predicted octanol–water partition coefficient (Wildman–Crippen LogP) is 6.23. The van der Waals surface area contributed by atoms with Gasteiger partial charge < -0.3 is 5.32 Å². The number of anilines is 1. The molecule has 1 amide bonds. The van der Waals surface area contributed by atoms with E-state index < -0.39 is 35.1 Å². The third kappa shape index (κ3) is 3.84. The number of amides is 1. The van der Waals surface area contributed by atoms with Crippen molar-refractivity contribution in [3.63, 3.8) is 0 Å². The Labute approximate surface area is 176 Å². The highest BCUT2D eigenvalue weighted by Gasteiger charge is 2.38. The number of hydrogen-bond donors (Lipinski definition) is 1. The third-order valence-corrected chi connectivity index (χ3v) is 4.76. The number of alkyl halides is 3. The van der Waals surface area contributed by atoms with Crippen molar-refractivity contribution in [1.29, 1.82) is 0 Å². The van der Waals surface area contributed by atoms with Gasteiger partial charge >= 0.3 is 6.18 Å². The highest BCUT2D eigenvalue weighted by Crippen LogP contribution is 2.36. The van der Waals surface area contributed by atoms with E-state index >= 15 is 0 Å². The van der Waals surface area contributed by atoms with Crippen LogP contribution in [-0.4, -0.2) is 15.5 Å². The molecule has 0 spiro atoms. The maximum Gasteiger partial charge on any atom is 0.450 e. The molecule has 0 fully saturated rings. The zero-order valence-electron chi connectivity index (χ0n) is 15.3. The Bertz CT molecular complexity index is 1320. The zero-order chi connectivity index (χ0) is 22.3. The summed E-state index contributed by atoms with van der Waals surface area (Å²) in [7, 11) is 0. The van der Waals surface area contributed by atoms with E-state index in [4.69, 9.17) is 11.6 Å². The lowest BCUT2D eigenvalue weighted by Crippen LogP contribution is -2.15. The topological polar surface area (TPSA) is 46.9 Å². The van der Waals surface area contributed by atoms with Crippen molar-refractivity contribution in [3.05, 3.63) is 88.7 Å². The molecule has 31 heavy (non-hydrogen) atoms. The molecule has 0 saturated heterocycles. The molecule has 1 heterocycles. The van der Waals surface area contributed by atoms with Gasteiger partial charge in [-0.3, -0.25) is 9.36 Å². The molecule has 0 saturated carbocycles. The van der Waals surface area contributed by atoms with Crippen molar-refractivity contribution in [2.75, 3.05) is 5.32 Å². The number of nitrogens with zero attached hydrogens (tertiary/aromatic N) is 2. The summed E-state index contributed by atoms with van der Waals surface area (Å²) in [6.07, 6.45) is -4.75. The highest BCUT2D eigenvalue weighted by atomic mass is 35.5. The number of halogens is 6. The second-order valence-electron chi connectivity index (χ2n) is 6.48. The van der Waals surface area contributed by atoms with E-state index in [-0.39, 0.29) is 27.4 Å². The smallest absolute Gasteiger partial charge is 0.322 e. The van der Waals surface area contributed by atoms with Crippen LogP contribution in [0.1, 0.15) is 16.2 Å². The molecule has 0 aliphatic rings. The van der Waals surface area contributed by atoms with E-state index in [0.717, 1.165) is 16.7 Å². The fourth-order valence-corrected chi connectivity index (χ4v) is 3.37. The Morgan fingerprint density at radius 1 is 1.00 bits per heavy atom. The van der Waals surface area contributed by atoms with Crippen LogP contribution in [0.2, 0.25) is 5.02 Å². The lowest BCUT2D eigenvalue weighted by Gasteiger charge is -2.14. The molecule has 1 N–H and O–H groups in total. The molecule has 4 rings (SSSR count). The first-order chi connectivity index (χ1) is 14.7. The molecule has 0 aliphatic heterocycles. The van der Waals surface area contributed by atoms with Gasteiger partial charge in [-0.2, -0.15) is 13.2 Å². The van der Waals surface area contributed by atoms with Gasteiger partial charge in [-0.1, -0.05) is 29.8 Å². The lowest BCUT2D eigenvalue weighted by molar-refractivity contribution is -0.145. The SMILES string of the molecule is O=C(Nc1ccc(-n2c(C(F)(F)F)nc3ccccc32)c(Cl)c1)c1cccc(F)c1F. The fraction of sp³-hybridized carbons (Fsp3) is 0.0476. The average Bonchev–Trinajstić information content (AvgIpc) is 3.10. The van der Waals surface area contributed by atoms with Gasteiger partial charge in [0.2, 0.25) is 5.82 Å². The first-order valence-corrected chi connectivity index (χ1v) is 9.14. The van der Waals surface area contributed by atoms with Crippen LogP contribution in [0.25, 0.3) is 16.7 Å². The predicted molar refractivity (Wildman–Crippen MR) is 105 cm³/mol. The van der Waals surface area contributed by atoms with E-state index in [0.29, 0.717) is 0 Å². The molecular weight excluding hydrogens is 441 g/mol. The lowest BCUT2D eigenvalue weighted by atomic mass is 10.2. The molecule has 10 heteroatoms. The second-order valence-corrected chi connectivity index (χ2v) is 6.89. The minimum atomic E-state index is -4.75. The Balaban J connectivity index is 1.74. The third-order valence-electron chi connectivity index (χ3n) is 4.46. The standard InChI is InChI=1S/C21H11ClF5N3O/c22-13-10-11(28-19(31)12-4-3-5-14(23)18(12)24)8-9-16(13)30-17-7-2-1-6-15(17)29-20(30)21(25,26)27/h1-10H,(H,28,31). The van der Waals surface area contributed by atoms with Crippen molar-refractivity contribution in [1.82, 2.24) is 9.55 Å². The molecule has 0 aliphatic carbocycles. The normalized spacial score (nSPS) is 11.7. The number of rotatable bonds is 3. The molecule has 0 bridgehead atoms. The van der Waals surface area contributed by atoms with E-state index in [9.17, 15) is 26.7 Å². The highest BCUT2D eigenvalue weighted by molar-refractivity contribution is 6.33. The number of para-hydroxylation sites is 2. The summed E-state index contributed by atoms with van der Waals surface area (Å²) in [5.74, 6) is -4.60. The molecule has 158 valence electrons. The maximum absolute atomic E-state index is 13.8. The Kier molecular flexibility index (Phi) is 5.14. The summed E-state index contributed by atoms with van der Waals surface area (Å²) in [6, 6.07) is 12.9. The number of carbonyl (C=O) groups is 1. The Morgan fingerprint density at radius 3 is 2.45 bits per heavy atom. The molecule has 4 aromatic rings. The van der Waals surface area contributed by atoms with Gasteiger partial charge in [-0.25, -0.2) is 13.8 Å². The van der Waals surface area contributed by atoms with Crippen molar-refractivity contribution in [3.8, 4) is 5.69 Å². The van der Waals surface area contributed by atoms with Gasteiger partial charge in [-0.15, -0.1) is 0 Å². The Morgan fingerprint density at radius 2 is 1.74 bits per heavy atom. The summed E-state index contributed by atoms with van der Waals surface area (Å²) < 4.78 is 68.7. The monoisotopic (exact) mass is 451 g/mol. The zero-order valence-corrected chi connectivity index (χ0v) is 16.1. The molecule has 4 nitrogen and oxygen atoms in total. The average molecular weight is 452 g/mol. The Hall–Kier alpha value is -3.46. The van der Waals surface area contributed by atoms with E-state index in [1.54, 1.807) is 12.1 Å². The molecular formula is C21H11ClF5N3O. The van der Waals surface area contributed by atoms with Crippen LogP contribution in [0.3, 0.4) is 0 Å². The van der Waals surface area contributed by atoms with Gasteiger partial charge in [0.05, 0.1) is 27.3 Å².